The predicted molar refractivity (Wildman–Crippen MR) is 71.1 cm³/mol. The number of aromatic nitrogens is 2. The van der Waals surface area contributed by atoms with Gasteiger partial charge in [0.2, 0.25) is 0 Å². The van der Waals surface area contributed by atoms with Crippen LogP contribution in [-0.4, -0.2) is 27.7 Å². The minimum Gasteiger partial charge on any atom is -0.496 e. The highest BCUT2D eigenvalue weighted by Gasteiger charge is 2.16. The number of carbonyl (C=O) groups excluding carboxylic acids is 1. The van der Waals surface area contributed by atoms with E-state index in [1.807, 2.05) is 0 Å². The lowest BCUT2D eigenvalue weighted by Crippen LogP contribution is -2.13. The van der Waals surface area contributed by atoms with Gasteiger partial charge in [-0.1, -0.05) is 0 Å². The first-order chi connectivity index (χ1) is 10.4. The van der Waals surface area contributed by atoms with Crippen LogP contribution in [0.4, 0.5) is 20.2 Å². The van der Waals surface area contributed by atoms with Crippen molar-refractivity contribution in [2.45, 2.75) is 6.55 Å². The fourth-order valence-corrected chi connectivity index (χ4v) is 1.64. The molecule has 10 heteroatoms. The number of hydrogen-bond donors (Lipinski definition) is 1. The number of halogens is 2. The van der Waals surface area contributed by atoms with Crippen molar-refractivity contribution in [3.63, 3.8) is 0 Å². The van der Waals surface area contributed by atoms with E-state index in [9.17, 15) is 23.7 Å². The van der Waals surface area contributed by atoms with E-state index in [0.29, 0.717) is 4.68 Å². The number of methoxy groups -OCH3 is 1. The summed E-state index contributed by atoms with van der Waals surface area (Å²) >= 11 is 0. The summed E-state index contributed by atoms with van der Waals surface area (Å²) in [6, 6.07) is 4.76. The quantitative estimate of drug-likeness (QED) is 0.675. The van der Waals surface area contributed by atoms with Crippen LogP contribution in [0.15, 0.2) is 30.5 Å². The molecular weight excluding hydrogens is 302 g/mol. The molecule has 0 spiro atoms. The van der Waals surface area contributed by atoms with E-state index in [0.717, 1.165) is 18.3 Å². The minimum absolute atomic E-state index is 0.0858. The smallest absolute Gasteiger partial charge is 0.333 e. The molecule has 2 aromatic rings. The van der Waals surface area contributed by atoms with Crippen molar-refractivity contribution >= 4 is 17.3 Å². The molecule has 0 aliphatic heterocycles. The zero-order valence-electron chi connectivity index (χ0n) is 11.2. The summed E-state index contributed by atoms with van der Waals surface area (Å²) in [6.07, 6.45) is 0.952. The topological polar surface area (TPSA) is 99.3 Å². The van der Waals surface area contributed by atoms with Gasteiger partial charge in [-0.2, -0.15) is 13.9 Å². The molecule has 1 heterocycles. The minimum atomic E-state index is -2.86. The first kappa shape index (κ1) is 15.4. The van der Waals surface area contributed by atoms with Crippen molar-refractivity contribution in [1.82, 2.24) is 9.78 Å². The second kappa shape index (κ2) is 6.16. The van der Waals surface area contributed by atoms with E-state index >= 15 is 0 Å². The van der Waals surface area contributed by atoms with Gasteiger partial charge in [-0.05, 0) is 6.07 Å². The number of nitrogens with one attached hydrogen (secondary N) is 1. The Kier molecular flexibility index (Phi) is 4.30. The molecule has 1 aromatic carbocycles. The van der Waals surface area contributed by atoms with Crippen molar-refractivity contribution in [3.8, 4) is 5.75 Å². The fraction of sp³-hybridized carbons (Fsp3) is 0.167. The van der Waals surface area contributed by atoms with Crippen molar-refractivity contribution in [2.75, 3.05) is 12.4 Å². The Hall–Kier alpha value is -3.04. The van der Waals surface area contributed by atoms with Gasteiger partial charge in [0.05, 0.1) is 23.8 Å². The number of ether oxygens (including phenoxy) is 1. The molecule has 0 aliphatic carbocycles. The lowest BCUT2D eigenvalue weighted by Gasteiger charge is -2.06. The molecule has 1 aromatic heterocycles. The highest BCUT2D eigenvalue weighted by Crippen LogP contribution is 2.26. The standard InChI is InChI=1S/C12H10F2N4O4/c1-22-9-5-7(4-8(6-9)18(20)21)15-11(19)10-2-3-17(16-10)12(13)14/h2-6,12H,1H3,(H,15,19). The summed E-state index contributed by atoms with van der Waals surface area (Å²) in [5.41, 5.74) is -0.443. The lowest BCUT2D eigenvalue weighted by atomic mass is 10.2. The van der Waals surface area contributed by atoms with Gasteiger partial charge in [-0.25, -0.2) is 4.68 Å². The van der Waals surface area contributed by atoms with Crippen LogP contribution in [0.25, 0.3) is 0 Å². The largest absolute Gasteiger partial charge is 0.496 e. The number of carbonyl (C=O) groups is 1. The zero-order valence-corrected chi connectivity index (χ0v) is 11.2. The Morgan fingerprint density at radius 3 is 2.73 bits per heavy atom. The van der Waals surface area contributed by atoms with Crippen LogP contribution in [-0.2, 0) is 0 Å². The second-order valence-electron chi connectivity index (χ2n) is 4.09. The maximum atomic E-state index is 12.4. The van der Waals surface area contributed by atoms with E-state index in [4.69, 9.17) is 4.74 Å². The van der Waals surface area contributed by atoms with Gasteiger partial charge in [-0.3, -0.25) is 14.9 Å². The molecule has 0 unspecified atom stereocenters. The van der Waals surface area contributed by atoms with Crippen LogP contribution in [0.2, 0.25) is 0 Å². The second-order valence-corrected chi connectivity index (χ2v) is 4.09. The van der Waals surface area contributed by atoms with Gasteiger partial charge in [-0.15, -0.1) is 0 Å². The van der Waals surface area contributed by atoms with Gasteiger partial charge in [0.15, 0.2) is 5.69 Å². The molecule has 1 amide bonds. The summed E-state index contributed by atoms with van der Waals surface area (Å²) in [6.45, 7) is -2.86. The Balaban J connectivity index is 2.23. The number of nitro groups is 1. The average Bonchev–Trinajstić information content (AvgIpc) is 2.96. The molecule has 0 atom stereocenters. The Morgan fingerprint density at radius 2 is 2.18 bits per heavy atom. The van der Waals surface area contributed by atoms with Crippen LogP contribution < -0.4 is 10.1 Å². The predicted octanol–water partition coefficient (Wildman–Crippen LogP) is 2.45. The van der Waals surface area contributed by atoms with E-state index < -0.39 is 17.4 Å². The van der Waals surface area contributed by atoms with E-state index in [1.54, 1.807) is 0 Å². The normalized spacial score (nSPS) is 10.5. The molecule has 0 radical (unpaired) electrons. The van der Waals surface area contributed by atoms with Gasteiger partial charge in [0.1, 0.15) is 5.75 Å². The van der Waals surface area contributed by atoms with Crippen LogP contribution in [0, 0.1) is 10.1 Å². The molecule has 0 bridgehead atoms. The molecule has 8 nitrogen and oxygen atoms in total. The lowest BCUT2D eigenvalue weighted by molar-refractivity contribution is -0.384. The van der Waals surface area contributed by atoms with Gasteiger partial charge < -0.3 is 10.1 Å². The van der Waals surface area contributed by atoms with Crippen LogP contribution in [0.1, 0.15) is 17.0 Å². The van der Waals surface area contributed by atoms with E-state index in [-0.39, 0.29) is 22.8 Å². The van der Waals surface area contributed by atoms with Crippen molar-refractivity contribution in [2.24, 2.45) is 0 Å². The van der Waals surface area contributed by atoms with E-state index in [2.05, 4.69) is 10.4 Å². The van der Waals surface area contributed by atoms with Gasteiger partial charge in [0, 0.05) is 18.3 Å². The van der Waals surface area contributed by atoms with Crippen LogP contribution in [0.5, 0.6) is 5.75 Å². The monoisotopic (exact) mass is 312 g/mol. The number of nitro benzene ring substituents is 1. The fourth-order valence-electron chi connectivity index (χ4n) is 1.64. The Bertz CT molecular complexity index is 717. The molecule has 1 N–H and O–H groups in total. The molecule has 116 valence electrons. The van der Waals surface area contributed by atoms with Crippen molar-refractivity contribution in [1.29, 1.82) is 0 Å². The summed E-state index contributed by atoms with van der Waals surface area (Å²) in [7, 11) is 1.31. The molecule has 0 fully saturated rings. The highest BCUT2D eigenvalue weighted by molar-refractivity contribution is 6.03. The maximum Gasteiger partial charge on any atom is 0.333 e. The third-order valence-electron chi connectivity index (χ3n) is 2.64. The van der Waals surface area contributed by atoms with E-state index in [1.165, 1.54) is 19.2 Å². The zero-order chi connectivity index (χ0) is 16.3. The SMILES string of the molecule is COc1cc(NC(=O)c2ccn(C(F)F)n2)cc([N+](=O)[O-])c1. The molecule has 0 saturated carbocycles. The Labute approximate surface area is 122 Å². The number of benzene rings is 1. The van der Waals surface area contributed by atoms with Crippen molar-refractivity contribution in [3.05, 3.63) is 46.3 Å². The first-order valence-electron chi connectivity index (χ1n) is 5.89. The average molecular weight is 312 g/mol. The third-order valence-corrected chi connectivity index (χ3v) is 2.64. The number of anilines is 1. The number of nitrogens with zero attached hydrogens (tertiary/aromatic N) is 3. The number of rotatable bonds is 5. The molecular formula is C12H10F2N4O4. The third kappa shape index (κ3) is 3.34. The maximum absolute atomic E-state index is 12.4. The summed E-state index contributed by atoms with van der Waals surface area (Å²) in [5, 5.41) is 16.5. The Morgan fingerprint density at radius 1 is 1.45 bits per heavy atom. The number of non-ortho nitro benzene ring substituents is 1. The van der Waals surface area contributed by atoms with Gasteiger partial charge >= 0.3 is 6.55 Å². The number of hydrogen-bond acceptors (Lipinski definition) is 5. The summed E-state index contributed by atoms with van der Waals surface area (Å²) in [5.74, 6) is -0.607. The van der Waals surface area contributed by atoms with Crippen LogP contribution in [0.3, 0.4) is 0 Å². The molecule has 0 aliphatic rings. The first-order valence-corrected chi connectivity index (χ1v) is 5.89. The van der Waals surface area contributed by atoms with Gasteiger partial charge in [0.25, 0.3) is 11.6 Å². The number of alkyl halides is 2. The number of amides is 1. The molecule has 2 rings (SSSR count). The molecule has 0 saturated heterocycles. The highest BCUT2D eigenvalue weighted by atomic mass is 19.3. The summed E-state index contributed by atoms with van der Waals surface area (Å²) in [4.78, 5) is 22.0. The van der Waals surface area contributed by atoms with Crippen molar-refractivity contribution < 1.29 is 23.2 Å². The molecule has 22 heavy (non-hydrogen) atoms. The van der Waals surface area contributed by atoms with Crippen LogP contribution >= 0.6 is 0 Å². The summed E-state index contributed by atoms with van der Waals surface area (Å²) < 4.78 is 30.0.